The molecule has 1 N–H and O–H groups in total. The fourth-order valence-electron chi connectivity index (χ4n) is 1.91. The smallest absolute Gasteiger partial charge is 0.141 e. The Labute approximate surface area is 122 Å². The summed E-state index contributed by atoms with van der Waals surface area (Å²) in [6.45, 7) is 2.02. The molecule has 1 atom stereocenters. The summed E-state index contributed by atoms with van der Waals surface area (Å²) in [5, 5.41) is 3.91. The number of aromatic nitrogens is 1. The Bertz CT molecular complexity index is 575. The summed E-state index contributed by atoms with van der Waals surface area (Å²) in [4.78, 5) is 4.11. The highest BCUT2D eigenvalue weighted by Gasteiger charge is 2.13. The Kier molecular flexibility index (Phi) is 4.79. The van der Waals surface area contributed by atoms with Crippen LogP contribution in [-0.4, -0.2) is 12.1 Å². The topological polar surface area (TPSA) is 34.1 Å². The normalized spacial score (nSPS) is 12.0. The molecule has 0 bridgehead atoms. The van der Waals surface area contributed by atoms with Crippen molar-refractivity contribution in [1.29, 1.82) is 0 Å². The molecule has 0 aliphatic carbocycles. The van der Waals surface area contributed by atoms with E-state index in [1.807, 2.05) is 13.0 Å². The Morgan fingerprint density at radius 1 is 1.35 bits per heavy atom. The standard InChI is InChI=1S/C15H16ClFN2O/c1-3-13(14-7-4-10(17)9-18-14)19-15-8-11(20-2)5-6-12(15)16/h4-9,13,19H,3H2,1-2H3. The number of benzene rings is 1. The van der Waals surface area contributed by atoms with Crippen LogP contribution in [0.15, 0.2) is 36.5 Å². The fraction of sp³-hybridized carbons (Fsp3) is 0.267. The zero-order valence-corrected chi connectivity index (χ0v) is 12.1. The molecule has 0 amide bonds. The van der Waals surface area contributed by atoms with Gasteiger partial charge in [0.25, 0.3) is 0 Å². The largest absolute Gasteiger partial charge is 0.497 e. The number of hydrogen-bond donors (Lipinski definition) is 1. The molecule has 2 aromatic rings. The van der Waals surface area contributed by atoms with E-state index in [0.29, 0.717) is 5.02 Å². The van der Waals surface area contributed by atoms with Crippen molar-refractivity contribution in [2.24, 2.45) is 0 Å². The second kappa shape index (κ2) is 6.57. The van der Waals surface area contributed by atoms with E-state index in [9.17, 15) is 4.39 Å². The summed E-state index contributed by atoms with van der Waals surface area (Å²) in [6, 6.07) is 8.43. The van der Waals surface area contributed by atoms with Crippen molar-refractivity contribution in [3.8, 4) is 5.75 Å². The average molecular weight is 295 g/mol. The maximum absolute atomic E-state index is 12.9. The van der Waals surface area contributed by atoms with E-state index in [2.05, 4.69) is 10.3 Å². The zero-order valence-electron chi connectivity index (χ0n) is 11.4. The molecule has 1 aromatic heterocycles. The highest BCUT2D eigenvalue weighted by atomic mass is 35.5. The van der Waals surface area contributed by atoms with Gasteiger partial charge in [0, 0.05) is 6.07 Å². The number of methoxy groups -OCH3 is 1. The van der Waals surface area contributed by atoms with E-state index in [4.69, 9.17) is 16.3 Å². The van der Waals surface area contributed by atoms with Crippen LogP contribution in [0.3, 0.4) is 0 Å². The number of pyridine rings is 1. The number of nitrogens with one attached hydrogen (secondary N) is 1. The maximum atomic E-state index is 12.9. The predicted octanol–water partition coefficient (Wildman–Crippen LogP) is 4.45. The highest BCUT2D eigenvalue weighted by Crippen LogP contribution is 2.30. The van der Waals surface area contributed by atoms with E-state index in [1.165, 1.54) is 12.3 Å². The Morgan fingerprint density at radius 2 is 2.15 bits per heavy atom. The van der Waals surface area contributed by atoms with E-state index < -0.39 is 0 Å². The van der Waals surface area contributed by atoms with Crippen molar-refractivity contribution in [2.45, 2.75) is 19.4 Å². The van der Waals surface area contributed by atoms with Gasteiger partial charge in [0.05, 0.1) is 35.8 Å². The van der Waals surface area contributed by atoms with E-state index in [0.717, 1.165) is 23.6 Å². The van der Waals surface area contributed by atoms with Crippen molar-refractivity contribution < 1.29 is 9.13 Å². The third kappa shape index (κ3) is 3.39. The van der Waals surface area contributed by atoms with Gasteiger partial charge in [-0.2, -0.15) is 0 Å². The van der Waals surface area contributed by atoms with Crippen molar-refractivity contribution >= 4 is 17.3 Å². The summed E-state index contributed by atoms with van der Waals surface area (Å²) in [5.74, 6) is 0.377. The van der Waals surface area contributed by atoms with Crippen molar-refractivity contribution in [1.82, 2.24) is 4.98 Å². The monoisotopic (exact) mass is 294 g/mol. The van der Waals surface area contributed by atoms with Crippen LogP contribution in [0.25, 0.3) is 0 Å². The molecule has 0 aliphatic heterocycles. The molecule has 106 valence electrons. The minimum Gasteiger partial charge on any atom is -0.497 e. The quantitative estimate of drug-likeness (QED) is 0.885. The van der Waals surface area contributed by atoms with Crippen molar-refractivity contribution in [3.63, 3.8) is 0 Å². The first-order valence-corrected chi connectivity index (χ1v) is 6.73. The molecule has 2 rings (SSSR count). The van der Waals surface area contributed by atoms with Crippen LogP contribution in [-0.2, 0) is 0 Å². The van der Waals surface area contributed by atoms with Crippen molar-refractivity contribution in [2.75, 3.05) is 12.4 Å². The molecule has 5 heteroatoms. The summed E-state index contributed by atoms with van der Waals surface area (Å²) in [5.41, 5.74) is 1.54. The maximum Gasteiger partial charge on any atom is 0.141 e. The van der Waals surface area contributed by atoms with E-state index in [1.54, 1.807) is 25.3 Å². The lowest BCUT2D eigenvalue weighted by Crippen LogP contribution is -2.11. The molecule has 0 fully saturated rings. The van der Waals surface area contributed by atoms with E-state index in [-0.39, 0.29) is 11.9 Å². The van der Waals surface area contributed by atoms with Crippen LogP contribution in [0.2, 0.25) is 5.02 Å². The Balaban J connectivity index is 2.23. The lowest BCUT2D eigenvalue weighted by atomic mass is 10.1. The van der Waals surface area contributed by atoms with Gasteiger partial charge >= 0.3 is 0 Å². The van der Waals surface area contributed by atoms with Gasteiger partial charge < -0.3 is 10.1 Å². The van der Waals surface area contributed by atoms with Crippen molar-refractivity contribution in [3.05, 3.63) is 53.1 Å². The molecule has 3 nitrogen and oxygen atoms in total. The lowest BCUT2D eigenvalue weighted by molar-refractivity contribution is 0.415. The van der Waals surface area contributed by atoms with E-state index >= 15 is 0 Å². The third-order valence-electron chi connectivity index (χ3n) is 3.02. The lowest BCUT2D eigenvalue weighted by Gasteiger charge is -2.19. The molecular formula is C15H16ClFN2O. The second-order valence-electron chi connectivity index (χ2n) is 4.35. The number of ether oxygens (including phenoxy) is 1. The second-order valence-corrected chi connectivity index (χ2v) is 4.76. The van der Waals surface area contributed by atoms with Crippen LogP contribution in [0.1, 0.15) is 25.1 Å². The molecule has 0 aliphatic rings. The summed E-state index contributed by atoms with van der Waals surface area (Å²) in [6.07, 6.45) is 2.01. The van der Waals surface area contributed by atoms with Crippen LogP contribution >= 0.6 is 11.6 Å². The van der Waals surface area contributed by atoms with Crippen LogP contribution in [0, 0.1) is 5.82 Å². The van der Waals surface area contributed by atoms with Crippen LogP contribution < -0.4 is 10.1 Å². The Hall–Kier alpha value is -1.81. The molecule has 0 saturated carbocycles. The molecule has 1 aromatic carbocycles. The number of nitrogens with zero attached hydrogens (tertiary/aromatic N) is 1. The molecule has 0 saturated heterocycles. The van der Waals surface area contributed by atoms with Gasteiger partial charge in [0.2, 0.25) is 0 Å². The summed E-state index contributed by atoms with van der Waals surface area (Å²) in [7, 11) is 1.60. The molecule has 1 unspecified atom stereocenters. The van der Waals surface area contributed by atoms with Crippen LogP contribution in [0.5, 0.6) is 5.75 Å². The van der Waals surface area contributed by atoms with Gasteiger partial charge in [-0.15, -0.1) is 0 Å². The van der Waals surface area contributed by atoms with Gasteiger partial charge in [-0.1, -0.05) is 18.5 Å². The first-order valence-electron chi connectivity index (χ1n) is 6.35. The number of anilines is 1. The minimum atomic E-state index is -0.344. The average Bonchev–Trinajstić information content (AvgIpc) is 2.47. The fourth-order valence-corrected chi connectivity index (χ4v) is 2.08. The number of rotatable bonds is 5. The summed E-state index contributed by atoms with van der Waals surface area (Å²) < 4.78 is 18.1. The first-order chi connectivity index (χ1) is 9.63. The van der Waals surface area contributed by atoms with Gasteiger partial charge in [-0.05, 0) is 30.7 Å². The van der Waals surface area contributed by atoms with Gasteiger partial charge in [-0.25, -0.2) is 4.39 Å². The molecule has 20 heavy (non-hydrogen) atoms. The van der Waals surface area contributed by atoms with Gasteiger partial charge in [0.1, 0.15) is 11.6 Å². The van der Waals surface area contributed by atoms with Crippen LogP contribution in [0.4, 0.5) is 10.1 Å². The summed E-state index contributed by atoms with van der Waals surface area (Å²) >= 11 is 6.17. The Morgan fingerprint density at radius 3 is 2.75 bits per heavy atom. The predicted molar refractivity (Wildman–Crippen MR) is 78.9 cm³/mol. The number of hydrogen-bond acceptors (Lipinski definition) is 3. The molecular weight excluding hydrogens is 279 g/mol. The first kappa shape index (κ1) is 14.6. The SMILES string of the molecule is CCC(Nc1cc(OC)ccc1Cl)c1ccc(F)cn1. The van der Waals surface area contributed by atoms with Gasteiger partial charge in [-0.3, -0.25) is 4.98 Å². The third-order valence-corrected chi connectivity index (χ3v) is 3.35. The molecule has 1 heterocycles. The zero-order chi connectivity index (χ0) is 14.5. The molecule has 0 radical (unpaired) electrons. The minimum absolute atomic E-state index is 0.0415. The highest BCUT2D eigenvalue weighted by molar-refractivity contribution is 6.33. The molecule has 0 spiro atoms. The number of halogens is 2. The van der Waals surface area contributed by atoms with Gasteiger partial charge in [0.15, 0.2) is 0 Å².